The van der Waals surface area contributed by atoms with Crippen molar-refractivity contribution in [1.29, 1.82) is 0 Å². The molecule has 354 valence electrons. The number of carboxylic acid groups (broad SMARTS) is 1. The normalized spacial score (nSPS) is 13.3. The van der Waals surface area contributed by atoms with Gasteiger partial charge in [-0.1, -0.05) is 178 Å². The molecule has 0 aromatic rings. The Morgan fingerprint density at radius 1 is 0.508 bits per heavy atom. The Kier molecular flexibility index (Phi) is 42.0. The van der Waals surface area contributed by atoms with E-state index in [2.05, 4.69) is 62.5 Å². The number of unbranched alkanes of at least 4 members (excludes halogenated alkanes) is 23. The maximum absolute atomic E-state index is 12.8. The highest BCUT2D eigenvalue weighted by Gasteiger charge is 2.25. The van der Waals surface area contributed by atoms with Gasteiger partial charge in [0.05, 0.1) is 40.3 Å². The van der Waals surface area contributed by atoms with Crippen LogP contribution >= 0.6 is 0 Å². The third-order valence-corrected chi connectivity index (χ3v) is 11.2. The summed E-state index contributed by atoms with van der Waals surface area (Å²) in [6.07, 6.45) is 52.9. The first-order valence-electron chi connectivity index (χ1n) is 25.2. The average molecular weight is 858 g/mol. The molecule has 0 aromatic heterocycles. The fourth-order valence-corrected chi connectivity index (χ4v) is 7.32. The summed E-state index contributed by atoms with van der Waals surface area (Å²) in [4.78, 5) is 37.0. The smallest absolute Gasteiger partial charge is 0.306 e. The molecule has 0 N–H and O–H groups in total. The highest BCUT2D eigenvalue weighted by molar-refractivity contribution is 5.70. The second kappa shape index (κ2) is 43.9. The van der Waals surface area contributed by atoms with Crippen molar-refractivity contribution >= 4 is 17.9 Å². The molecule has 0 rings (SSSR count). The lowest BCUT2D eigenvalue weighted by Crippen LogP contribution is -2.55. The molecule has 2 unspecified atom stereocenters. The summed E-state index contributed by atoms with van der Waals surface area (Å²) < 4.78 is 17.2. The first-order chi connectivity index (χ1) is 29.6. The lowest BCUT2D eigenvalue weighted by Gasteiger charge is -2.34. The Hall–Kier alpha value is -2.71. The van der Waals surface area contributed by atoms with E-state index >= 15 is 0 Å². The molecule has 0 saturated carbocycles. The zero-order chi connectivity index (χ0) is 44.9. The molecule has 0 aliphatic carbocycles. The van der Waals surface area contributed by atoms with Crippen molar-refractivity contribution in [2.45, 2.75) is 231 Å². The molecule has 8 heteroatoms. The summed E-state index contributed by atoms with van der Waals surface area (Å²) in [7, 11) is 5.40. The minimum atomic E-state index is -1.13. The number of carbonyl (C=O) groups excluding carboxylic acids is 3. The molecule has 0 aliphatic rings. The number of carbonyl (C=O) groups is 3. The number of nitrogens with zero attached hydrogens (tertiary/aromatic N) is 1. The van der Waals surface area contributed by atoms with Gasteiger partial charge in [0, 0.05) is 19.3 Å². The molecule has 0 aliphatic heterocycles. The second-order valence-electron chi connectivity index (χ2n) is 18.0. The van der Waals surface area contributed by atoms with Crippen LogP contribution in [0.1, 0.15) is 219 Å². The number of allylic oxidation sites excluding steroid dienone is 8. The summed E-state index contributed by atoms with van der Waals surface area (Å²) in [5.41, 5.74) is 0. The Morgan fingerprint density at radius 3 is 1.38 bits per heavy atom. The fraction of sp³-hybridized carbons (Fsp3) is 0.792. The van der Waals surface area contributed by atoms with Gasteiger partial charge in [-0.2, -0.15) is 0 Å². The molecule has 0 spiro atoms. The predicted molar refractivity (Wildman–Crippen MR) is 254 cm³/mol. The average Bonchev–Trinajstić information content (AvgIpc) is 3.22. The molecule has 61 heavy (non-hydrogen) atoms. The number of ether oxygens (including phenoxy) is 3. The van der Waals surface area contributed by atoms with Crippen LogP contribution in [0.5, 0.6) is 0 Å². The van der Waals surface area contributed by atoms with Gasteiger partial charge < -0.3 is 28.6 Å². The van der Waals surface area contributed by atoms with Crippen molar-refractivity contribution in [2.24, 2.45) is 0 Å². The van der Waals surface area contributed by atoms with Gasteiger partial charge in [0.1, 0.15) is 12.6 Å². The van der Waals surface area contributed by atoms with Gasteiger partial charge in [-0.25, -0.2) is 0 Å². The first-order valence-corrected chi connectivity index (χ1v) is 25.2. The highest BCUT2D eigenvalue weighted by atomic mass is 16.6. The van der Waals surface area contributed by atoms with Crippen LogP contribution in [0, 0.1) is 0 Å². The second-order valence-corrected chi connectivity index (χ2v) is 18.0. The number of esters is 2. The minimum absolute atomic E-state index is 0.0315. The molecular weight excluding hydrogens is 763 g/mol. The van der Waals surface area contributed by atoms with Crippen LogP contribution in [0.3, 0.4) is 0 Å². The standard InChI is InChI=1S/C53H95NO7/c1-6-8-10-12-14-16-18-20-22-23-24-25-26-27-28-29-30-32-34-36-38-40-42-44-52(56)61-49(47-59-46-45-50(53(57)58)54(3,4)5)48-60-51(55)43-41-39-37-35-33-31-21-19-17-15-13-11-9-7-2/h9,11,15,17,21,27-28,31,49-50H,6-8,10,12-14,16,18-20,22-26,29-30,32-48H2,1-5H3/b11-9+,17-15+,28-27+,31-21+. The third-order valence-electron chi connectivity index (χ3n) is 11.2. The molecule has 0 fully saturated rings. The van der Waals surface area contributed by atoms with E-state index in [1.807, 2.05) is 0 Å². The van der Waals surface area contributed by atoms with E-state index in [0.717, 1.165) is 70.6 Å². The number of likely N-dealkylation sites (N-methyl/N-ethyl adjacent to an activating group) is 1. The Bertz CT molecular complexity index is 1140. The summed E-state index contributed by atoms with van der Waals surface area (Å²) in [5, 5.41) is 11.6. The van der Waals surface area contributed by atoms with Gasteiger partial charge in [0.15, 0.2) is 6.10 Å². The molecule has 0 saturated heterocycles. The van der Waals surface area contributed by atoms with Crippen molar-refractivity contribution in [3.05, 3.63) is 48.6 Å². The summed E-state index contributed by atoms with van der Waals surface area (Å²) in [6.45, 7) is 4.54. The maximum Gasteiger partial charge on any atom is 0.306 e. The van der Waals surface area contributed by atoms with Gasteiger partial charge in [-0.15, -0.1) is 0 Å². The Labute approximate surface area is 376 Å². The molecular formula is C53H95NO7. The van der Waals surface area contributed by atoms with Crippen LogP contribution in [0.4, 0.5) is 0 Å². The van der Waals surface area contributed by atoms with Crippen LogP contribution in [0.25, 0.3) is 0 Å². The monoisotopic (exact) mass is 858 g/mol. The van der Waals surface area contributed by atoms with E-state index < -0.39 is 18.1 Å². The number of quaternary nitrogens is 1. The van der Waals surface area contributed by atoms with Gasteiger partial charge in [0.2, 0.25) is 0 Å². The quantitative estimate of drug-likeness (QED) is 0.0260. The molecule has 0 bridgehead atoms. The lowest BCUT2D eigenvalue weighted by atomic mass is 10.0. The zero-order valence-electron chi connectivity index (χ0n) is 40.3. The topological polar surface area (TPSA) is 102 Å². The molecule has 0 heterocycles. The zero-order valence-corrected chi connectivity index (χ0v) is 40.3. The largest absolute Gasteiger partial charge is 0.544 e. The van der Waals surface area contributed by atoms with Crippen LogP contribution < -0.4 is 5.11 Å². The van der Waals surface area contributed by atoms with Gasteiger partial charge in [0.25, 0.3) is 0 Å². The molecule has 0 amide bonds. The van der Waals surface area contributed by atoms with Gasteiger partial charge >= 0.3 is 11.9 Å². The molecule has 2 atom stereocenters. The molecule has 0 aromatic carbocycles. The summed E-state index contributed by atoms with van der Waals surface area (Å²) in [6, 6.07) is -0.731. The van der Waals surface area contributed by atoms with E-state index in [1.165, 1.54) is 116 Å². The Morgan fingerprint density at radius 2 is 0.918 bits per heavy atom. The third kappa shape index (κ3) is 42.4. The number of hydrogen-bond donors (Lipinski definition) is 0. The van der Waals surface area contributed by atoms with E-state index in [1.54, 1.807) is 21.1 Å². The lowest BCUT2D eigenvalue weighted by molar-refractivity contribution is -0.889. The van der Waals surface area contributed by atoms with Crippen LogP contribution in [-0.2, 0) is 28.6 Å². The van der Waals surface area contributed by atoms with Gasteiger partial charge in [-0.3, -0.25) is 9.59 Å². The van der Waals surface area contributed by atoms with Crippen LogP contribution in [0.15, 0.2) is 48.6 Å². The summed E-state index contributed by atoms with van der Waals surface area (Å²) in [5.74, 6) is -1.77. The van der Waals surface area contributed by atoms with E-state index in [-0.39, 0.29) is 42.7 Å². The van der Waals surface area contributed by atoms with Crippen molar-refractivity contribution in [3.63, 3.8) is 0 Å². The SMILES string of the molecule is CC/C=C/C/C=C/C/C=C/CCCCCCC(=O)OCC(COCCC(C(=O)[O-])[N+](C)(C)C)OC(=O)CCCCCCCCC/C=C/CCCCCCCCCCCCCC. The summed E-state index contributed by atoms with van der Waals surface area (Å²) >= 11 is 0. The van der Waals surface area contributed by atoms with Crippen molar-refractivity contribution in [3.8, 4) is 0 Å². The van der Waals surface area contributed by atoms with Crippen molar-refractivity contribution < 1.29 is 38.2 Å². The maximum atomic E-state index is 12.8. The fourth-order valence-electron chi connectivity index (χ4n) is 7.32. The number of aliphatic carboxylic acids is 1. The number of carboxylic acids is 1. The first kappa shape index (κ1) is 58.3. The highest BCUT2D eigenvalue weighted by Crippen LogP contribution is 2.15. The number of rotatable bonds is 45. The predicted octanol–water partition coefficient (Wildman–Crippen LogP) is 13.0. The van der Waals surface area contributed by atoms with Crippen molar-refractivity contribution in [1.82, 2.24) is 0 Å². The minimum Gasteiger partial charge on any atom is -0.544 e. The molecule has 0 radical (unpaired) electrons. The van der Waals surface area contributed by atoms with E-state index in [0.29, 0.717) is 12.8 Å². The van der Waals surface area contributed by atoms with E-state index in [9.17, 15) is 19.5 Å². The van der Waals surface area contributed by atoms with Crippen molar-refractivity contribution in [2.75, 3.05) is 41.0 Å². The van der Waals surface area contributed by atoms with Gasteiger partial charge in [-0.05, 0) is 70.6 Å². The van der Waals surface area contributed by atoms with Crippen LogP contribution in [0.2, 0.25) is 0 Å². The Balaban J connectivity index is 4.24. The molecule has 8 nitrogen and oxygen atoms in total. The number of hydrogen-bond acceptors (Lipinski definition) is 7. The van der Waals surface area contributed by atoms with Crippen LogP contribution in [-0.4, -0.2) is 75.5 Å². The van der Waals surface area contributed by atoms with E-state index in [4.69, 9.17) is 14.2 Å².